The molecule has 1 aromatic carbocycles. The number of pyridine rings is 1. The van der Waals surface area contributed by atoms with Crippen molar-refractivity contribution < 1.29 is 18.3 Å². The van der Waals surface area contributed by atoms with Crippen molar-refractivity contribution in [3.05, 3.63) is 53.7 Å². The maximum absolute atomic E-state index is 14.1. The Kier molecular flexibility index (Phi) is 8.40. The molecule has 168 valence electrons. The van der Waals surface area contributed by atoms with Crippen LogP contribution < -0.4 is 20.3 Å². The second-order valence-corrected chi connectivity index (χ2v) is 7.19. The van der Waals surface area contributed by atoms with Crippen LogP contribution in [0.15, 0.2) is 41.5 Å². The summed E-state index contributed by atoms with van der Waals surface area (Å²) in [5.41, 5.74) is 0.977. The van der Waals surface area contributed by atoms with Crippen molar-refractivity contribution in [2.45, 2.75) is 25.9 Å². The lowest BCUT2D eigenvalue weighted by Crippen LogP contribution is -2.44. The topological polar surface area (TPSA) is 71.0 Å². The number of hydrogen-bond donors (Lipinski definition) is 2. The van der Waals surface area contributed by atoms with E-state index in [2.05, 4.69) is 20.6 Å². The Labute approximate surface area is 181 Å². The van der Waals surface area contributed by atoms with Gasteiger partial charge in [0, 0.05) is 45.0 Å². The van der Waals surface area contributed by atoms with Gasteiger partial charge in [-0.25, -0.2) is 18.8 Å². The first-order chi connectivity index (χ1) is 15.1. The van der Waals surface area contributed by atoms with Crippen molar-refractivity contribution >= 4 is 11.6 Å². The van der Waals surface area contributed by atoms with Gasteiger partial charge < -0.3 is 25.0 Å². The minimum atomic E-state index is -0.539. The highest BCUT2D eigenvalue weighted by molar-refractivity contribution is 5.80. The highest BCUT2D eigenvalue weighted by Crippen LogP contribution is 2.26. The number of aromatic nitrogens is 1. The Morgan fingerprint density at radius 3 is 2.71 bits per heavy atom. The van der Waals surface area contributed by atoms with Crippen molar-refractivity contribution in [1.29, 1.82) is 0 Å². The molecule has 1 fully saturated rings. The maximum atomic E-state index is 14.1. The van der Waals surface area contributed by atoms with Gasteiger partial charge in [0.25, 0.3) is 0 Å². The van der Waals surface area contributed by atoms with Crippen molar-refractivity contribution in [3.63, 3.8) is 0 Å². The molecule has 0 aliphatic carbocycles. The third kappa shape index (κ3) is 6.52. The summed E-state index contributed by atoms with van der Waals surface area (Å²) in [6, 6.07) is 7.70. The maximum Gasteiger partial charge on any atom is 0.213 e. The second kappa shape index (κ2) is 11.5. The zero-order valence-corrected chi connectivity index (χ0v) is 17.9. The molecule has 9 heteroatoms. The van der Waals surface area contributed by atoms with Crippen LogP contribution in [-0.4, -0.2) is 56.9 Å². The Balaban J connectivity index is 1.56. The summed E-state index contributed by atoms with van der Waals surface area (Å²) < 4.78 is 38.6. The number of rotatable bonds is 9. The number of ether oxygens (including phenoxy) is 2. The fourth-order valence-electron chi connectivity index (χ4n) is 3.38. The molecule has 2 N–H and O–H groups in total. The molecular weight excluding hydrogens is 404 g/mol. The average Bonchev–Trinajstić information content (AvgIpc) is 3.21. The summed E-state index contributed by atoms with van der Waals surface area (Å²) in [7, 11) is 1.62. The van der Waals surface area contributed by atoms with Gasteiger partial charge in [-0.05, 0) is 31.0 Å². The van der Waals surface area contributed by atoms with Gasteiger partial charge in [-0.2, -0.15) is 0 Å². The quantitative estimate of drug-likeness (QED) is 0.360. The van der Waals surface area contributed by atoms with Gasteiger partial charge in [0.05, 0.1) is 13.2 Å². The molecule has 0 amide bonds. The smallest absolute Gasteiger partial charge is 0.213 e. The number of benzene rings is 1. The van der Waals surface area contributed by atoms with Gasteiger partial charge in [0.1, 0.15) is 23.9 Å². The molecule has 1 unspecified atom stereocenters. The van der Waals surface area contributed by atoms with Gasteiger partial charge in [0.2, 0.25) is 5.88 Å². The number of halogens is 2. The van der Waals surface area contributed by atoms with E-state index in [-0.39, 0.29) is 11.7 Å². The number of anilines is 1. The van der Waals surface area contributed by atoms with E-state index in [0.717, 1.165) is 12.0 Å². The monoisotopic (exact) mass is 433 g/mol. The Hall–Kier alpha value is -2.94. The Morgan fingerprint density at radius 2 is 2.03 bits per heavy atom. The van der Waals surface area contributed by atoms with Crippen LogP contribution in [-0.2, 0) is 11.3 Å². The second-order valence-electron chi connectivity index (χ2n) is 7.19. The Bertz CT molecular complexity index is 843. The summed E-state index contributed by atoms with van der Waals surface area (Å²) >= 11 is 0. The molecule has 0 bridgehead atoms. The van der Waals surface area contributed by atoms with E-state index >= 15 is 0 Å². The van der Waals surface area contributed by atoms with E-state index < -0.39 is 11.6 Å². The lowest BCUT2D eigenvalue weighted by atomic mass is 10.2. The number of nitrogens with one attached hydrogen (secondary N) is 2. The van der Waals surface area contributed by atoms with E-state index in [0.29, 0.717) is 51.2 Å². The summed E-state index contributed by atoms with van der Waals surface area (Å²) in [5, 5.41) is 6.58. The Morgan fingerprint density at radius 1 is 1.23 bits per heavy atom. The first-order valence-corrected chi connectivity index (χ1v) is 10.4. The van der Waals surface area contributed by atoms with Crippen LogP contribution in [0.1, 0.15) is 18.9 Å². The molecule has 0 radical (unpaired) electrons. The third-order valence-corrected chi connectivity index (χ3v) is 4.88. The van der Waals surface area contributed by atoms with E-state index in [4.69, 9.17) is 9.47 Å². The third-order valence-electron chi connectivity index (χ3n) is 4.88. The summed E-state index contributed by atoms with van der Waals surface area (Å²) in [4.78, 5) is 10.6. The molecule has 1 atom stereocenters. The van der Waals surface area contributed by atoms with E-state index in [1.807, 2.05) is 13.0 Å². The largest absolute Gasteiger partial charge is 0.475 e. The zero-order chi connectivity index (χ0) is 22.1. The molecule has 1 saturated heterocycles. The van der Waals surface area contributed by atoms with Gasteiger partial charge in [0.15, 0.2) is 5.96 Å². The normalized spacial score (nSPS) is 16.5. The molecule has 0 spiro atoms. The van der Waals surface area contributed by atoms with Crippen LogP contribution >= 0.6 is 0 Å². The number of guanidine groups is 1. The molecule has 3 rings (SSSR count). The summed E-state index contributed by atoms with van der Waals surface area (Å²) in [6.07, 6.45) is 2.49. The lowest BCUT2D eigenvalue weighted by Gasteiger charge is -2.21. The van der Waals surface area contributed by atoms with Gasteiger partial charge in [-0.15, -0.1) is 0 Å². The van der Waals surface area contributed by atoms with Crippen LogP contribution in [0.4, 0.5) is 14.5 Å². The van der Waals surface area contributed by atoms with Gasteiger partial charge >= 0.3 is 0 Å². The van der Waals surface area contributed by atoms with Crippen molar-refractivity contribution in [2.75, 3.05) is 44.9 Å². The fourth-order valence-corrected chi connectivity index (χ4v) is 3.38. The standard InChI is InChI=1S/C22H29F2N5O2/c1-3-25-22(27-14-16-7-8-20(26-13-16)31-12-11-30-2)28-17-9-10-29(15-17)21-18(23)5-4-6-19(21)24/h4-8,13,17H,3,9-12,14-15H2,1-2H3,(H2,25,27,28). The average molecular weight is 434 g/mol. The molecule has 2 aromatic rings. The summed E-state index contributed by atoms with van der Waals surface area (Å²) in [6.45, 7) is 5.16. The van der Waals surface area contributed by atoms with E-state index in [9.17, 15) is 8.78 Å². The highest BCUT2D eigenvalue weighted by Gasteiger charge is 2.27. The highest BCUT2D eigenvalue weighted by atomic mass is 19.1. The number of methoxy groups -OCH3 is 1. The molecule has 0 saturated carbocycles. The molecular formula is C22H29F2N5O2. The summed E-state index contributed by atoms with van der Waals surface area (Å²) in [5.74, 6) is 0.122. The first-order valence-electron chi connectivity index (χ1n) is 10.4. The van der Waals surface area contributed by atoms with Crippen molar-refractivity contribution in [2.24, 2.45) is 4.99 Å². The minimum absolute atomic E-state index is 0.0338. The molecule has 31 heavy (non-hydrogen) atoms. The number of nitrogens with zero attached hydrogens (tertiary/aromatic N) is 3. The number of aliphatic imine (C=N–C) groups is 1. The molecule has 1 aliphatic rings. The fraction of sp³-hybridized carbons (Fsp3) is 0.455. The predicted octanol–water partition coefficient (Wildman–Crippen LogP) is 2.72. The van der Waals surface area contributed by atoms with Gasteiger partial charge in [-0.1, -0.05) is 12.1 Å². The molecule has 7 nitrogen and oxygen atoms in total. The van der Waals surface area contributed by atoms with Crippen molar-refractivity contribution in [3.8, 4) is 5.88 Å². The van der Waals surface area contributed by atoms with Crippen LogP contribution in [0, 0.1) is 11.6 Å². The van der Waals surface area contributed by atoms with E-state index in [1.54, 1.807) is 24.3 Å². The zero-order valence-electron chi connectivity index (χ0n) is 17.9. The van der Waals surface area contributed by atoms with Crippen molar-refractivity contribution in [1.82, 2.24) is 15.6 Å². The molecule has 1 aliphatic heterocycles. The predicted molar refractivity (Wildman–Crippen MR) is 117 cm³/mol. The lowest BCUT2D eigenvalue weighted by molar-refractivity contribution is 0.143. The van der Waals surface area contributed by atoms with Gasteiger partial charge in [-0.3, -0.25) is 0 Å². The van der Waals surface area contributed by atoms with E-state index in [1.165, 1.54) is 18.2 Å². The van der Waals surface area contributed by atoms with Crippen LogP contribution in [0.3, 0.4) is 0 Å². The van der Waals surface area contributed by atoms with Crippen LogP contribution in [0.25, 0.3) is 0 Å². The van der Waals surface area contributed by atoms with Crippen LogP contribution in [0.5, 0.6) is 5.88 Å². The first kappa shape index (κ1) is 22.7. The van der Waals surface area contributed by atoms with Crippen LogP contribution in [0.2, 0.25) is 0 Å². The minimum Gasteiger partial charge on any atom is -0.475 e. The number of para-hydroxylation sites is 1. The molecule has 1 aromatic heterocycles. The SMILES string of the molecule is CCNC(=NCc1ccc(OCCOC)nc1)NC1CCN(c2c(F)cccc2F)C1. The molecule has 2 heterocycles. The number of hydrogen-bond acceptors (Lipinski definition) is 5.